The van der Waals surface area contributed by atoms with Crippen LogP contribution in [0.2, 0.25) is 0 Å². The van der Waals surface area contributed by atoms with Crippen LogP contribution in [0.3, 0.4) is 0 Å². The maximum absolute atomic E-state index is 9.13. The van der Waals surface area contributed by atoms with Gasteiger partial charge < -0.3 is 9.84 Å². The van der Waals surface area contributed by atoms with Crippen molar-refractivity contribution in [2.75, 3.05) is 0 Å². The second-order valence-corrected chi connectivity index (χ2v) is 3.85. The number of aromatic nitrogens is 2. The largest absolute Gasteiger partial charge is 0.508 e. The highest BCUT2D eigenvalue weighted by Crippen LogP contribution is 2.23. The predicted octanol–water partition coefficient (Wildman–Crippen LogP) is 2.96. The second-order valence-electron chi connectivity index (χ2n) is 3.85. The highest BCUT2D eigenvalue weighted by atomic mass is 16.5. The summed E-state index contributed by atoms with van der Waals surface area (Å²) in [5, 5.41) is 13.3. The Bertz CT molecular complexity index is 460. The lowest BCUT2D eigenvalue weighted by atomic mass is 10.3. The molecule has 16 heavy (non-hydrogen) atoms. The lowest BCUT2D eigenvalue weighted by Gasteiger charge is -2.04. The van der Waals surface area contributed by atoms with Gasteiger partial charge in [-0.05, 0) is 38.1 Å². The quantitative estimate of drug-likeness (QED) is 0.861. The molecular formula is C12H14N2O2. The molecule has 4 heteroatoms. The minimum Gasteiger partial charge on any atom is -0.508 e. The van der Waals surface area contributed by atoms with Gasteiger partial charge in [0.2, 0.25) is 0 Å². The zero-order chi connectivity index (χ0) is 11.5. The summed E-state index contributed by atoms with van der Waals surface area (Å²) in [4.78, 5) is 0. The summed E-state index contributed by atoms with van der Waals surface area (Å²) in [6.07, 6.45) is 3.52. The summed E-state index contributed by atoms with van der Waals surface area (Å²) in [7, 11) is 0. The molecule has 0 bridgehead atoms. The van der Waals surface area contributed by atoms with Gasteiger partial charge in [-0.2, -0.15) is 5.10 Å². The van der Waals surface area contributed by atoms with Crippen molar-refractivity contribution in [2.24, 2.45) is 0 Å². The van der Waals surface area contributed by atoms with E-state index in [4.69, 9.17) is 9.84 Å². The van der Waals surface area contributed by atoms with E-state index in [1.165, 1.54) is 0 Å². The predicted molar refractivity (Wildman–Crippen MR) is 60.8 cm³/mol. The molecule has 0 aliphatic carbocycles. The van der Waals surface area contributed by atoms with Gasteiger partial charge in [0.05, 0.1) is 12.4 Å². The molecule has 1 N–H and O–H groups in total. The van der Waals surface area contributed by atoms with Crippen molar-refractivity contribution in [1.82, 2.24) is 9.78 Å². The van der Waals surface area contributed by atoms with Crippen LogP contribution in [0.15, 0.2) is 36.7 Å². The highest BCUT2D eigenvalue weighted by Gasteiger charge is 2.03. The summed E-state index contributed by atoms with van der Waals surface area (Å²) in [5.74, 6) is 1.60. The third-order valence-electron chi connectivity index (χ3n) is 2.18. The number of ether oxygens (including phenoxy) is 1. The monoisotopic (exact) mass is 218 g/mol. The Kier molecular flexibility index (Phi) is 2.81. The molecule has 1 aromatic carbocycles. The molecule has 0 spiro atoms. The molecule has 0 fully saturated rings. The van der Waals surface area contributed by atoms with E-state index in [1.807, 2.05) is 10.9 Å². The third kappa shape index (κ3) is 2.34. The molecule has 1 heterocycles. The van der Waals surface area contributed by atoms with Crippen LogP contribution >= 0.6 is 0 Å². The molecule has 0 amide bonds. The van der Waals surface area contributed by atoms with Crippen molar-refractivity contribution >= 4 is 0 Å². The van der Waals surface area contributed by atoms with E-state index in [1.54, 1.807) is 30.5 Å². The standard InChI is InChI=1S/C12H14N2O2/c1-9(2)14-8-12(7-13-14)16-11-5-3-10(15)4-6-11/h3-9,15H,1-2H3. The maximum atomic E-state index is 9.13. The number of aromatic hydroxyl groups is 1. The van der Waals surface area contributed by atoms with Crippen LogP contribution in [0, 0.1) is 0 Å². The number of hydrogen-bond acceptors (Lipinski definition) is 3. The summed E-state index contributed by atoms with van der Waals surface area (Å²) in [5.41, 5.74) is 0. The fourth-order valence-corrected chi connectivity index (χ4v) is 1.31. The van der Waals surface area contributed by atoms with Crippen LogP contribution in [-0.2, 0) is 0 Å². The molecular weight excluding hydrogens is 204 g/mol. The van der Waals surface area contributed by atoms with Crippen molar-refractivity contribution in [2.45, 2.75) is 19.9 Å². The fourth-order valence-electron chi connectivity index (χ4n) is 1.31. The Balaban J connectivity index is 2.11. The number of phenols is 1. The Labute approximate surface area is 94.1 Å². The fraction of sp³-hybridized carbons (Fsp3) is 0.250. The first-order valence-electron chi connectivity index (χ1n) is 5.16. The molecule has 2 rings (SSSR count). The minimum atomic E-state index is 0.227. The number of benzene rings is 1. The van der Waals surface area contributed by atoms with E-state index < -0.39 is 0 Å². The van der Waals surface area contributed by atoms with E-state index >= 15 is 0 Å². The van der Waals surface area contributed by atoms with Gasteiger partial charge in [0.15, 0.2) is 5.75 Å². The number of hydrogen-bond donors (Lipinski definition) is 1. The highest BCUT2D eigenvalue weighted by molar-refractivity contribution is 5.33. The third-order valence-corrected chi connectivity index (χ3v) is 2.18. The van der Waals surface area contributed by atoms with Gasteiger partial charge in [-0.25, -0.2) is 0 Å². The van der Waals surface area contributed by atoms with E-state index in [-0.39, 0.29) is 5.75 Å². The molecule has 0 aliphatic rings. The maximum Gasteiger partial charge on any atom is 0.165 e. The number of rotatable bonds is 3. The Morgan fingerprint density at radius 2 is 1.88 bits per heavy atom. The van der Waals surface area contributed by atoms with Gasteiger partial charge >= 0.3 is 0 Å². The first-order valence-corrected chi connectivity index (χ1v) is 5.16. The van der Waals surface area contributed by atoms with E-state index in [2.05, 4.69) is 18.9 Å². The van der Waals surface area contributed by atoms with E-state index in [0.717, 1.165) is 0 Å². The number of phenolic OH excluding ortho intramolecular Hbond substituents is 1. The summed E-state index contributed by atoms with van der Waals surface area (Å²) < 4.78 is 7.40. The smallest absolute Gasteiger partial charge is 0.165 e. The number of nitrogens with zero attached hydrogens (tertiary/aromatic N) is 2. The van der Waals surface area contributed by atoms with Crippen molar-refractivity contribution in [3.8, 4) is 17.2 Å². The van der Waals surface area contributed by atoms with Crippen LogP contribution in [0.4, 0.5) is 0 Å². The Morgan fingerprint density at radius 1 is 1.19 bits per heavy atom. The van der Waals surface area contributed by atoms with Gasteiger partial charge in [0.1, 0.15) is 11.5 Å². The van der Waals surface area contributed by atoms with Crippen molar-refractivity contribution in [1.29, 1.82) is 0 Å². The van der Waals surface area contributed by atoms with Gasteiger partial charge in [-0.15, -0.1) is 0 Å². The molecule has 84 valence electrons. The lowest BCUT2D eigenvalue weighted by molar-refractivity contribution is 0.462. The normalized spacial score (nSPS) is 10.7. The molecule has 4 nitrogen and oxygen atoms in total. The van der Waals surface area contributed by atoms with Crippen LogP contribution in [-0.4, -0.2) is 14.9 Å². The SMILES string of the molecule is CC(C)n1cc(Oc2ccc(O)cc2)cn1. The van der Waals surface area contributed by atoms with Gasteiger partial charge in [0.25, 0.3) is 0 Å². The summed E-state index contributed by atoms with van der Waals surface area (Å²) >= 11 is 0. The van der Waals surface area contributed by atoms with Crippen LogP contribution in [0.1, 0.15) is 19.9 Å². The molecule has 0 radical (unpaired) electrons. The molecule has 0 atom stereocenters. The van der Waals surface area contributed by atoms with Crippen molar-refractivity contribution in [3.63, 3.8) is 0 Å². The van der Waals surface area contributed by atoms with E-state index in [9.17, 15) is 0 Å². The average molecular weight is 218 g/mol. The first-order chi connectivity index (χ1) is 7.65. The molecule has 0 unspecified atom stereocenters. The van der Waals surface area contributed by atoms with Crippen LogP contribution < -0.4 is 4.74 Å². The van der Waals surface area contributed by atoms with Gasteiger partial charge in [0, 0.05) is 6.04 Å². The van der Waals surface area contributed by atoms with Crippen molar-refractivity contribution in [3.05, 3.63) is 36.7 Å². The first kappa shape index (κ1) is 10.5. The second kappa shape index (κ2) is 4.26. The van der Waals surface area contributed by atoms with Gasteiger partial charge in [-0.1, -0.05) is 0 Å². The van der Waals surface area contributed by atoms with Crippen LogP contribution in [0.5, 0.6) is 17.2 Å². The topological polar surface area (TPSA) is 47.3 Å². The Hall–Kier alpha value is -1.97. The van der Waals surface area contributed by atoms with Gasteiger partial charge in [-0.3, -0.25) is 4.68 Å². The zero-order valence-electron chi connectivity index (χ0n) is 9.29. The Morgan fingerprint density at radius 3 is 2.44 bits per heavy atom. The molecule has 0 aliphatic heterocycles. The molecule has 0 saturated heterocycles. The summed E-state index contributed by atoms with van der Waals surface area (Å²) in [6, 6.07) is 6.91. The molecule has 2 aromatic rings. The lowest BCUT2D eigenvalue weighted by Crippen LogP contribution is -1.99. The average Bonchev–Trinajstić information content (AvgIpc) is 2.70. The van der Waals surface area contributed by atoms with Crippen molar-refractivity contribution < 1.29 is 9.84 Å². The van der Waals surface area contributed by atoms with E-state index in [0.29, 0.717) is 17.5 Å². The zero-order valence-corrected chi connectivity index (χ0v) is 9.29. The minimum absolute atomic E-state index is 0.227. The molecule has 1 aromatic heterocycles. The van der Waals surface area contributed by atoms with Crippen LogP contribution in [0.25, 0.3) is 0 Å². The summed E-state index contributed by atoms with van der Waals surface area (Å²) in [6.45, 7) is 4.11. The molecule has 0 saturated carbocycles.